The third kappa shape index (κ3) is 3.00. The van der Waals surface area contributed by atoms with E-state index in [4.69, 9.17) is 9.26 Å². The first kappa shape index (κ1) is 14.1. The Labute approximate surface area is 137 Å². The van der Waals surface area contributed by atoms with Crippen LogP contribution < -0.4 is 4.74 Å². The van der Waals surface area contributed by atoms with Gasteiger partial charge in [-0.3, -0.25) is 0 Å². The summed E-state index contributed by atoms with van der Waals surface area (Å²) in [4.78, 5) is 0. The van der Waals surface area contributed by atoms with Gasteiger partial charge in [0.15, 0.2) is 5.76 Å². The van der Waals surface area contributed by atoms with Gasteiger partial charge in [0.1, 0.15) is 24.4 Å². The summed E-state index contributed by atoms with van der Waals surface area (Å²) in [6, 6.07) is 19.2. The topological polar surface area (TPSA) is 78.9 Å². The predicted molar refractivity (Wildman–Crippen MR) is 85.4 cm³/mol. The molecule has 4 rings (SSSR count). The Bertz CT molecular complexity index is 902. The second kappa shape index (κ2) is 6.33. The van der Waals surface area contributed by atoms with Crippen molar-refractivity contribution in [3.63, 3.8) is 0 Å². The molecule has 118 valence electrons. The predicted octanol–water partition coefficient (Wildman–Crippen LogP) is 2.90. The van der Waals surface area contributed by atoms with Gasteiger partial charge in [-0.1, -0.05) is 35.5 Å². The minimum Gasteiger partial charge on any atom is -0.487 e. The van der Waals surface area contributed by atoms with E-state index in [-0.39, 0.29) is 0 Å². The molecule has 0 aliphatic rings. The van der Waals surface area contributed by atoms with Gasteiger partial charge in [-0.05, 0) is 34.7 Å². The highest BCUT2D eigenvalue weighted by atomic mass is 16.5. The average Bonchev–Trinajstić information content (AvgIpc) is 3.33. The Morgan fingerprint density at radius 2 is 1.83 bits per heavy atom. The minimum atomic E-state index is 0.334. The Morgan fingerprint density at radius 3 is 2.58 bits per heavy atom. The number of hydrogen-bond donors (Lipinski definition) is 0. The molecule has 0 atom stereocenters. The molecule has 0 unspecified atom stereocenters. The highest BCUT2D eigenvalue weighted by Gasteiger charge is 2.07. The Hall–Kier alpha value is -3.48. The van der Waals surface area contributed by atoms with Gasteiger partial charge in [-0.2, -0.15) is 0 Å². The molecule has 0 amide bonds. The van der Waals surface area contributed by atoms with Gasteiger partial charge in [0.2, 0.25) is 0 Å². The fraction of sp³-hybridized carbons (Fsp3) is 0.0588. The highest BCUT2D eigenvalue weighted by Crippen LogP contribution is 2.21. The molecule has 0 N–H and O–H groups in total. The summed E-state index contributed by atoms with van der Waals surface area (Å²) < 4.78 is 12.7. The van der Waals surface area contributed by atoms with Gasteiger partial charge >= 0.3 is 0 Å². The van der Waals surface area contributed by atoms with Crippen molar-refractivity contribution in [3.05, 3.63) is 72.7 Å². The van der Waals surface area contributed by atoms with Crippen LogP contribution in [0.15, 0.2) is 71.5 Å². The number of ether oxygens (including phenoxy) is 1. The third-order valence-electron chi connectivity index (χ3n) is 3.45. The Morgan fingerprint density at radius 1 is 1.00 bits per heavy atom. The maximum absolute atomic E-state index is 5.73. The summed E-state index contributed by atoms with van der Waals surface area (Å²) in [5.41, 5.74) is 2.58. The summed E-state index contributed by atoms with van der Waals surface area (Å²) in [5.74, 6) is 1.46. The van der Waals surface area contributed by atoms with E-state index in [0.717, 1.165) is 28.5 Å². The minimum absolute atomic E-state index is 0.334. The Balaban J connectivity index is 1.41. The second-order valence-corrected chi connectivity index (χ2v) is 5.09. The molecule has 0 radical (unpaired) electrons. The van der Waals surface area contributed by atoms with Crippen LogP contribution in [0, 0.1) is 0 Å². The summed E-state index contributed by atoms with van der Waals surface area (Å²) in [5, 5.41) is 15.1. The van der Waals surface area contributed by atoms with Crippen LogP contribution in [-0.4, -0.2) is 25.4 Å². The quantitative estimate of drug-likeness (QED) is 0.563. The first-order chi connectivity index (χ1) is 11.9. The molecule has 0 spiro atoms. The van der Waals surface area contributed by atoms with E-state index >= 15 is 0 Å². The first-order valence-electron chi connectivity index (χ1n) is 7.36. The van der Waals surface area contributed by atoms with Crippen LogP contribution in [-0.2, 0) is 6.61 Å². The molecule has 2 aromatic carbocycles. The molecular weight excluding hydrogens is 306 g/mol. The average molecular weight is 319 g/mol. The SMILES string of the molecule is c1ccc(-c2cc(COc3ccc(-n4cnnn4)cc3)no2)cc1. The Kier molecular flexibility index (Phi) is 3.73. The van der Waals surface area contributed by atoms with Gasteiger partial charge in [0.25, 0.3) is 0 Å². The van der Waals surface area contributed by atoms with Gasteiger partial charge in [0.05, 0.1) is 5.69 Å². The van der Waals surface area contributed by atoms with Crippen LogP contribution in [0.2, 0.25) is 0 Å². The van der Waals surface area contributed by atoms with E-state index in [1.165, 1.54) is 6.33 Å². The second-order valence-electron chi connectivity index (χ2n) is 5.09. The molecule has 0 saturated heterocycles. The third-order valence-corrected chi connectivity index (χ3v) is 3.45. The van der Waals surface area contributed by atoms with E-state index < -0.39 is 0 Å². The monoisotopic (exact) mass is 319 g/mol. The zero-order valence-corrected chi connectivity index (χ0v) is 12.6. The van der Waals surface area contributed by atoms with Crippen molar-refractivity contribution in [1.82, 2.24) is 25.4 Å². The molecule has 7 heteroatoms. The van der Waals surface area contributed by atoms with Crippen LogP contribution in [0.1, 0.15) is 5.69 Å². The molecule has 0 aliphatic heterocycles. The fourth-order valence-corrected chi connectivity index (χ4v) is 2.25. The largest absolute Gasteiger partial charge is 0.487 e. The van der Waals surface area contributed by atoms with Crippen LogP contribution in [0.4, 0.5) is 0 Å². The lowest BCUT2D eigenvalue weighted by Gasteiger charge is -2.04. The van der Waals surface area contributed by atoms with Crippen LogP contribution in [0.5, 0.6) is 5.75 Å². The zero-order valence-electron chi connectivity index (χ0n) is 12.6. The molecule has 2 aromatic heterocycles. The number of rotatable bonds is 5. The van der Waals surface area contributed by atoms with Gasteiger partial charge in [-0.15, -0.1) is 5.10 Å². The lowest BCUT2D eigenvalue weighted by Crippen LogP contribution is -1.97. The van der Waals surface area contributed by atoms with Crippen molar-refractivity contribution >= 4 is 0 Å². The summed E-state index contributed by atoms with van der Waals surface area (Å²) in [7, 11) is 0. The lowest BCUT2D eigenvalue weighted by molar-refractivity contribution is 0.290. The highest BCUT2D eigenvalue weighted by molar-refractivity contribution is 5.56. The number of benzene rings is 2. The molecule has 0 aliphatic carbocycles. The molecule has 0 saturated carbocycles. The summed E-state index contributed by atoms with van der Waals surface area (Å²) >= 11 is 0. The molecule has 0 bridgehead atoms. The van der Waals surface area contributed by atoms with E-state index in [2.05, 4.69) is 20.7 Å². The summed E-state index contributed by atoms with van der Waals surface area (Å²) in [6.07, 6.45) is 1.54. The maximum atomic E-state index is 5.73. The maximum Gasteiger partial charge on any atom is 0.167 e. The normalized spacial score (nSPS) is 10.7. The van der Waals surface area contributed by atoms with Crippen LogP contribution >= 0.6 is 0 Å². The van der Waals surface area contributed by atoms with E-state index in [1.807, 2.05) is 60.7 Å². The number of nitrogens with zero attached hydrogens (tertiary/aromatic N) is 5. The fourth-order valence-electron chi connectivity index (χ4n) is 2.25. The van der Waals surface area contributed by atoms with Crippen molar-refractivity contribution in [3.8, 4) is 22.8 Å². The molecular formula is C17H13N5O2. The van der Waals surface area contributed by atoms with Crippen molar-refractivity contribution in [2.24, 2.45) is 0 Å². The molecule has 24 heavy (non-hydrogen) atoms. The first-order valence-corrected chi connectivity index (χ1v) is 7.36. The van der Waals surface area contributed by atoms with Crippen molar-refractivity contribution in [2.45, 2.75) is 6.61 Å². The zero-order chi connectivity index (χ0) is 16.2. The van der Waals surface area contributed by atoms with Gasteiger partial charge < -0.3 is 9.26 Å². The van der Waals surface area contributed by atoms with Crippen LogP contribution in [0.25, 0.3) is 17.0 Å². The van der Waals surface area contributed by atoms with E-state index in [9.17, 15) is 0 Å². The van der Waals surface area contributed by atoms with Crippen molar-refractivity contribution in [1.29, 1.82) is 0 Å². The number of hydrogen-bond acceptors (Lipinski definition) is 6. The lowest BCUT2D eigenvalue weighted by atomic mass is 10.2. The number of aromatic nitrogens is 5. The molecule has 0 fully saturated rings. The number of tetrazole rings is 1. The molecule has 7 nitrogen and oxygen atoms in total. The van der Waals surface area contributed by atoms with Gasteiger partial charge in [-0.25, -0.2) is 4.68 Å². The molecule has 2 heterocycles. The van der Waals surface area contributed by atoms with E-state index in [0.29, 0.717) is 6.61 Å². The molecule has 4 aromatic rings. The standard InChI is InChI=1S/C17H13N5O2/c1-2-4-13(5-3-1)17-10-14(19-24-17)11-23-16-8-6-15(7-9-16)22-12-18-20-21-22/h1-10,12H,11H2. The van der Waals surface area contributed by atoms with E-state index in [1.54, 1.807) is 4.68 Å². The smallest absolute Gasteiger partial charge is 0.167 e. The van der Waals surface area contributed by atoms with Crippen molar-refractivity contribution < 1.29 is 9.26 Å². The van der Waals surface area contributed by atoms with Crippen LogP contribution in [0.3, 0.4) is 0 Å². The van der Waals surface area contributed by atoms with Crippen molar-refractivity contribution in [2.75, 3.05) is 0 Å². The summed E-state index contributed by atoms with van der Waals surface area (Å²) in [6.45, 7) is 0.334. The van der Waals surface area contributed by atoms with Gasteiger partial charge in [0, 0.05) is 11.6 Å².